The minimum Gasteiger partial charge on any atom is -0.469 e. The third-order valence-corrected chi connectivity index (χ3v) is 3.07. The minimum absolute atomic E-state index is 0.0339. The SMILES string of the molecule is COC(=O)Cc1c(I)nn(CC(C)=O)c1C. The van der Waals surface area contributed by atoms with Crippen LogP contribution in [0.3, 0.4) is 0 Å². The van der Waals surface area contributed by atoms with Crippen molar-refractivity contribution in [1.29, 1.82) is 0 Å². The molecule has 0 fully saturated rings. The number of aromatic nitrogens is 2. The van der Waals surface area contributed by atoms with Crippen LogP contribution in [0.25, 0.3) is 0 Å². The number of carbonyl (C=O) groups excluding carboxylic acids is 2. The summed E-state index contributed by atoms with van der Waals surface area (Å²) in [4.78, 5) is 22.2. The van der Waals surface area contributed by atoms with Crippen molar-refractivity contribution < 1.29 is 14.3 Å². The smallest absolute Gasteiger partial charge is 0.310 e. The normalized spacial score (nSPS) is 10.2. The first-order valence-electron chi connectivity index (χ1n) is 4.73. The van der Waals surface area contributed by atoms with Crippen molar-refractivity contribution in [2.45, 2.75) is 26.8 Å². The average Bonchev–Trinajstić information content (AvgIpc) is 2.45. The van der Waals surface area contributed by atoms with Gasteiger partial charge in [0.15, 0.2) is 5.78 Å². The van der Waals surface area contributed by atoms with Gasteiger partial charge in [-0.05, 0) is 36.4 Å². The Balaban J connectivity index is 2.97. The van der Waals surface area contributed by atoms with E-state index in [1.807, 2.05) is 6.92 Å². The molecule has 1 rings (SSSR count). The highest BCUT2D eigenvalue weighted by Crippen LogP contribution is 2.17. The maximum Gasteiger partial charge on any atom is 0.310 e. The van der Waals surface area contributed by atoms with Crippen LogP contribution in [0, 0.1) is 10.6 Å². The number of methoxy groups -OCH3 is 1. The van der Waals surface area contributed by atoms with Gasteiger partial charge in [0.1, 0.15) is 3.70 Å². The molecule has 0 aromatic carbocycles. The molecule has 0 radical (unpaired) electrons. The zero-order valence-corrected chi connectivity index (χ0v) is 11.6. The Bertz CT molecular complexity index is 426. The Morgan fingerprint density at radius 2 is 2.12 bits per heavy atom. The highest BCUT2D eigenvalue weighted by atomic mass is 127. The molecule has 5 nitrogen and oxygen atoms in total. The summed E-state index contributed by atoms with van der Waals surface area (Å²) in [5, 5.41) is 4.21. The zero-order chi connectivity index (χ0) is 12.3. The lowest BCUT2D eigenvalue weighted by Crippen LogP contribution is -2.10. The molecule has 0 unspecified atom stereocenters. The Kier molecular flexibility index (Phi) is 4.45. The van der Waals surface area contributed by atoms with Crippen LogP contribution in [-0.4, -0.2) is 28.6 Å². The number of rotatable bonds is 4. The van der Waals surface area contributed by atoms with Crippen molar-refractivity contribution in [3.63, 3.8) is 0 Å². The first-order valence-corrected chi connectivity index (χ1v) is 5.81. The summed E-state index contributed by atoms with van der Waals surface area (Å²) in [6.45, 7) is 3.59. The Hall–Kier alpha value is -0.920. The fourth-order valence-corrected chi connectivity index (χ4v) is 2.17. The number of nitrogens with zero attached hydrogens (tertiary/aromatic N) is 2. The lowest BCUT2D eigenvalue weighted by Gasteiger charge is -2.02. The summed E-state index contributed by atoms with van der Waals surface area (Å²) in [6.07, 6.45) is 0.193. The molecule has 0 atom stereocenters. The van der Waals surface area contributed by atoms with Gasteiger partial charge in [0.05, 0.1) is 20.1 Å². The van der Waals surface area contributed by atoms with Crippen molar-refractivity contribution in [1.82, 2.24) is 9.78 Å². The molecule has 88 valence electrons. The third-order valence-electron chi connectivity index (χ3n) is 2.20. The molecule has 0 aliphatic rings. The van der Waals surface area contributed by atoms with Crippen LogP contribution in [0.15, 0.2) is 0 Å². The van der Waals surface area contributed by atoms with Gasteiger partial charge in [-0.15, -0.1) is 0 Å². The van der Waals surface area contributed by atoms with E-state index in [0.717, 1.165) is 15.0 Å². The number of carbonyl (C=O) groups is 2. The molecule has 16 heavy (non-hydrogen) atoms. The van der Waals surface area contributed by atoms with Crippen LogP contribution in [0.4, 0.5) is 0 Å². The quantitative estimate of drug-likeness (QED) is 0.610. The maximum absolute atomic E-state index is 11.2. The summed E-state index contributed by atoms with van der Waals surface area (Å²) in [6, 6.07) is 0. The van der Waals surface area contributed by atoms with Crippen molar-refractivity contribution in [2.75, 3.05) is 7.11 Å². The summed E-state index contributed by atoms with van der Waals surface area (Å²) < 4.78 is 6.96. The molecule has 0 N–H and O–H groups in total. The number of ketones is 1. The molecular weight excluding hydrogens is 323 g/mol. The molecule has 1 aromatic rings. The number of Topliss-reactive ketones (excluding diaryl/α,β-unsaturated/α-hetero) is 1. The van der Waals surface area contributed by atoms with E-state index in [2.05, 4.69) is 32.4 Å². The average molecular weight is 336 g/mol. The van der Waals surface area contributed by atoms with Crippen molar-refractivity contribution >= 4 is 34.3 Å². The molecule has 1 heterocycles. The van der Waals surface area contributed by atoms with Crippen molar-refractivity contribution in [3.8, 4) is 0 Å². The molecular formula is C10H13IN2O3. The molecule has 0 bridgehead atoms. The van der Waals surface area contributed by atoms with Gasteiger partial charge in [-0.1, -0.05) is 0 Å². The summed E-state index contributed by atoms with van der Waals surface area (Å²) in [7, 11) is 1.35. The highest BCUT2D eigenvalue weighted by Gasteiger charge is 2.16. The van der Waals surface area contributed by atoms with Gasteiger partial charge in [0.25, 0.3) is 0 Å². The topological polar surface area (TPSA) is 61.2 Å². The summed E-state index contributed by atoms with van der Waals surface area (Å²) in [5.74, 6) is -0.269. The fraction of sp³-hybridized carbons (Fsp3) is 0.500. The van der Waals surface area contributed by atoms with Gasteiger partial charge >= 0.3 is 5.97 Å². The number of ether oxygens (including phenoxy) is 1. The van der Waals surface area contributed by atoms with Crippen molar-refractivity contribution in [2.24, 2.45) is 0 Å². The molecule has 0 aliphatic carbocycles. The predicted octanol–water partition coefficient (Wildman–Crippen LogP) is 1.10. The first-order chi connectivity index (χ1) is 7.45. The Labute approximate surface area is 107 Å². The van der Waals surface area contributed by atoms with Crippen LogP contribution in [0.5, 0.6) is 0 Å². The lowest BCUT2D eigenvalue weighted by molar-refractivity contribution is -0.139. The van der Waals surface area contributed by atoms with E-state index in [1.54, 1.807) is 4.68 Å². The lowest BCUT2D eigenvalue weighted by atomic mass is 10.2. The van der Waals surface area contributed by atoms with Gasteiger partial charge < -0.3 is 4.74 Å². The largest absolute Gasteiger partial charge is 0.469 e. The van der Waals surface area contributed by atoms with Crippen LogP contribution >= 0.6 is 22.6 Å². The van der Waals surface area contributed by atoms with Crippen LogP contribution in [0.1, 0.15) is 18.2 Å². The molecule has 1 aromatic heterocycles. The number of hydrogen-bond donors (Lipinski definition) is 0. The molecule has 6 heteroatoms. The third kappa shape index (κ3) is 3.03. The second kappa shape index (κ2) is 5.42. The van der Waals surface area contributed by atoms with E-state index in [1.165, 1.54) is 14.0 Å². The van der Waals surface area contributed by atoms with Gasteiger partial charge in [-0.2, -0.15) is 5.10 Å². The van der Waals surface area contributed by atoms with E-state index < -0.39 is 0 Å². The summed E-state index contributed by atoms with van der Waals surface area (Å²) >= 11 is 2.05. The predicted molar refractivity (Wildman–Crippen MR) is 66.1 cm³/mol. The Morgan fingerprint density at radius 3 is 2.62 bits per heavy atom. The first kappa shape index (κ1) is 13.1. The van der Waals surface area contributed by atoms with E-state index in [0.29, 0.717) is 0 Å². The van der Waals surface area contributed by atoms with Crippen LogP contribution in [-0.2, 0) is 27.3 Å². The standard InChI is InChI=1S/C10H13IN2O3/c1-6(14)5-13-7(2)8(10(11)12-13)4-9(15)16-3/h4-5H2,1-3H3. The van der Waals surface area contributed by atoms with Gasteiger partial charge in [-0.3, -0.25) is 14.3 Å². The number of halogens is 1. The van der Waals surface area contributed by atoms with Crippen LogP contribution < -0.4 is 0 Å². The van der Waals surface area contributed by atoms with Gasteiger partial charge in [0, 0.05) is 11.3 Å². The summed E-state index contributed by atoms with van der Waals surface area (Å²) in [5.41, 5.74) is 1.67. The molecule has 0 amide bonds. The van der Waals surface area contributed by atoms with E-state index in [-0.39, 0.29) is 24.7 Å². The molecule has 0 spiro atoms. The maximum atomic E-state index is 11.2. The van der Waals surface area contributed by atoms with E-state index in [4.69, 9.17) is 0 Å². The van der Waals surface area contributed by atoms with Crippen molar-refractivity contribution in [3.05, 3.63) is 15.0 Å². The van der Waals surface area contributed by atoms with Gasteiger partial charge in [0.2, 0.25) is 0 Å². The van der Waals surface area contributed by atoms with E-state index in [9.17, 15) is 9.59 Å². The highest BCUT2D eigenvalue weighted by molar-refractivity contribution is 14.1. The fourth-order valence-electron chi connectivity index (χ4n) is 1.33. The number of hydrogen-bond acceptors (Lipinski definition) is 4. The zero-order valence-electron chi connectivity index (χ0n) is 9.41. The van der Waals surface area contributed by atoms with Gasteiger partial charge in [-0.25, -0.2) is 0 Å². The molecule has 0 aliphatic heterocycles. The Morgan fingerprint density at radius 1 is 1.50 bits per heavy atom. The molecule has 0 saturated carbocycles. The molecule has 0 saturated heterocycles. The monoisotopic (exact) mass is 336 g/mol. The number of esters is 1. The second-order valence-electron chi connectivity index (χ2n) is 3.47. The second-order valence-corrected chi connectivity index (χ2v) is 4.49. The van der Waals surface area contributed by atoms with Crippen LogP contribution in [0.2, 0.25) is 0 Å². The minimum atomic E-state index is -0.302. The van der Waals surface area contributed by atoms with E-state index >= 15 is 0 Å².